The van der Waals surface area contributed by atoms with Crippen molar-refractivity contribution in [2.75, 3.05) is 39.3 Å². The standard InChI is InChI=1S/C21H33N3O2/c25-21(26)19-7-9-20(10-8-19)22-11-4-12-23-13-15-24(16-14-23)17-18-5-2-1-3-6-18/h1-3,5-6,19-20,22H,4,7-17H2,(H,25,26). The zero-order valence-electron chi connectivity index (χ0n) is 15.8. The Labute approximate surface area is 157 Å². The second-order valence-electron chi connectivity index (χ2n) is 7.80. The molecule has 5 nitrogen and oxygen atoms in total. The lowest BCUT2D eigenvalue weighted by Gasteiger charge is -2.35. The number of carboxylic acid groups (broad SMARTS) is 1. The molecule has 0 aromatic heterocycles. The molecule has 0 radical (unpaired) electrons. The number of rotatable bonds is 8. The van der Waals surface area contributed by atoms with Crippen LogP contribution in [0.1, 0.15) is 37.7 Å². The molecular weight excluding hydrogens is 326 g/mol. The van der Waals surface area contributed by atoms with Crippen LogP contribution in [0.3, 0.4) is 0 Å². The van der Waals surface area contributed by atoms with E-state index < -0.39 is 5.97 Å². The molecule has 1 saturated heterocycles. The smallest absolute Gasteiger partial charge is 0.306 e. The number of nitrogens with one attached hydrogen (secondary N) is 1. The van der Waals surface area contributed by atoms with Crippen molar-refractivity contribution in [1.29, 1.82) is 0 Å². The van der Waals surface area contributed by atoms with Crippen LogP contribution >= 0.6 is 0 Å². The first-order valence-electron chi connectivity index (χ1n) is 10.2. The number of benzene rings is 1. The zero-order chi connectivity index (χ0) is 18.2. The van der Waals surface area contributed by atoms with Gasteiger partial charge in [-0.25, -0.2) is 0 Å². The molecule has 0 spiro atoms. The molecule has 0 bridgehead atoms. The highest BCUT2D eigenvalue weighted by Gasteiger charge is 2.25. The number of carboxylic acids is 1. The first-order valence-corrected chi connectivity index (χ1v) is 10.2. The molecule has 0 amide bonds. The van der Waals surface area contributed by atoms with E-state index in [0.717, 1.165) is 71.5 Å². The van der Waals surface area contributed by atoms with Gasteiger partial charge in [-0.2, -0.15) is 0 Å². The number of nitrogens with zero attached hydrogens (tertiary/aromatic N) is 2. The minimum atomic E-state index is -0.616. The van der Waals surface area contributed by atoms with E-state index in [2.05, 4.69) is 45.4 Å². The van der Waals surface area contributed by atoms with Crippen molar-refractivity contribution in [3.8, 4) is 0 Å². The summed E-state index contributed by atoms with van der Waals surface area (Å²) < 4.78 is 0. The topological polar surface area (TPSA) is 55.8 Å². The summed E-state index contributed by atoms with van der Waals surface area (Å²) in [5.41, 5.74) is 1.41. The van der Waals surface area contributed by atoms with Crippen molar-refractivity contribution in [3.63, 3.8) is 0 Å². The van der Waals surface area contributed by atoms with Crippen LogP contribution in [0.15, 0.2) is 30.3 Å². The summed E-state index contributed by atoms with van der Waals surface area (Å²) in [6.45, 7) is 7.91. The van der Waals surface area contributed by atoms with Crippen molar-refractivity contribution < 1.29 is 9.90 Å². The van der Waals surface area contributed by atoms with Crippen molar-refractivity contribution in [2.24, 2.45) is 5.92 Å². The van der Waals surface area contributed by atoms with Crippen LogP contribution in [0.2, 0.25) is 0 Å². The number of hydrogen-bond acceptors (Lipinski definition) is 4. The van der Waals surface area contributed by atoms with Crippen LogP contribution in [0, 0.1) is 5.92 Å². The van der Waals surface area contributed by atoms with Gasteiger partial charge >= 0.3 is 5.97 Å². The molecule has 0 unspecified atom stereocenters. The Hall–Kier alpha value is -1.43. The zero-order valence-corrected chi connectivity index (χ0v) is 15.8. The largest absolute Gasteiger partial charge is 0.481 e. The molecule has 1 aliphatic carbocycles. The molecule has 1 aliphatic heterocycles. The van der Waals surface area contributed by atoms with Gasteiger partial charge in [0.2, 0.25) is 0 Å². The summed E-state index contributed by atoms with van der Waals surface area (Å²) in [6.07, 6.45) is 4.86. The van der Waals surface area contributed by atoms with Gasteiger partial charge in [0.1, 0.15) is 0 Å². The number of aliphatic carboxylic acids is 1. The normalized spacial score (nSPS) is 25.2. The average Bonchev–Trinajstić information content (AvgIpc) is 2.68. The van der Waals surface area contributed by atoms with Crippen molar-refractivity contribution >= 4 is 5.97 Å². The molecule has 144 valence electrons. The quantitative estimate of drug-likeness (QED) is 0.698. The molecule has 2 fully saturated rings. The van der Waals surface area contributed by atoms with Gasteiger partial charge in [-0.3, -0.25) is 9.69 Å². The fourth-order valence-corrected chi connectivity index (χ4v) is 4.17. The van der Waals surface area contributed by atoms with E-state index >= 15 is 0 Å². The Kier molecular flexibility index (Phi) is 7.47. The lowest BCUT2D eigenvalue weighted by atomic mass is 9.86. The summed E-state index contributed by atoms with van der Waals surface area (Å²) in [5.74, 6) is -0.727. The Morgan fingerprint density at radius 3 is 2.31 bits per heavy atom. The Balaban J connectivity index is 1.24. The second-order valence-corrected chi connectivity index (χ2v) is 7.80. The molecule has 5 heteroatoms. The van der Waals surface area contributed by atoms with Gasteiger partial charge in [-0.1, -0.05) is 30.3 Å². The third-order valence-corrected chi connectivity index (χ3v) is 5.87. The minimum Gasteiger partial charge on any atom is -0.481 e. The van der Waals surface area contributed by atoms with Gasteiger partial charge in [0, 0.05) is 38.8 Å². The molecule has 0 atom stereocenters. The fraction of sp³-hybridized carbons (Fsp3) is 0.667. The summed E-state index contributed by atoms with van der Waals surface area (Å²) in [4.78, 5) is 16.1. The van der Waals surface area contributed by atoms with Crippen LogP contribution in [0.5, 0.6) is 0 Å². The predicted molar refractivity (Wildman–Crippen MR) is 104 cm³/mol. The molecule has 1 aromatic rings. The molecular formula is C21H33N3O2. The SMILES string of the molecule is O=C(O)C1CCC(NCCCN2CCN(Cc3ccccc3)CC2)CC1. The van der Waals surface area contributed by atoms with Crippen molar-refractivity contribution in [2.45, 2.75) is 44.7 Å². The van der Waals surface area contributed by atoms with Gasteiger partial charge in [-0.15, -0.1) is 0 Å². The monoisotopic (exact) mass is 359 g/mol. The molecule has 1 saturated carbocycles. The van der Waals surface area contributed by atoms with Crippen LogP contribution in [-0.4, -0.2) is 66.2 Å². The summed E-state index contributed by atoms with van der Waals surface area (Å²) in [5, 5.41) is 12.7. The van der Waals surface area contributed by atoms with E-state index in [1.807, 2.05) is 0 Å². The molecule has 2 aliphatic rings. The Bertz CT molecular complexity index is 535. The summed E-state index contributed by atoms with van der Waals surface area (Å²) in [7, 11) is 0. The molecule has 2 N–H and O–H groups in total. The lowest BCUT2D eigenvalue weighted by Crippen LogP contribution is -2.46. The maximum absolute atomic E-state index is 11.0. The third kappa shape index (κ3) is 6.08. The highest BCUT2D eigenvalue weighted by atomic mass is 16.4. The van der Waals surface area contributed by atoms with Gasteiger partial charge in [-0.05, 0) is 50.8 Å². The summed E-state index contributed by atoms with van der Waals surface area (Å²) >= 11 is 0. The highest BCUT2D eigenvalue weighted by Crippen LogP contribution is 2.24. The van der Waals surface area contributed by atoms with Crippen LogP contribution in [0.4, 0.5) is 0 Å². The summed E-state index contributed by atoms with van der Waals surface area (Å²) in [6, 6.07) is 11.3. The second kappa shape index (κ2) is 10.0. The predicted octanol–water partition coefficient (Wildman–Crippen LogP) is 2.43. The van der Waals surface area contributed by atoms with Crippen molar-refractivity contribution in [3.05, 3.63) is 35.9 Å². The Morgan fingerprint density at radius 2 is 1.65 bits per heavy atom. The van der Waals surface area contributed by atoms with Crippen LogP contribution < -0.4 is 5.32 Å². The first-order chi connectivity index (χ1) is 12.7. The third-order valence-electron chi connectivity index (χ3n) is 5.87. The van der Waals surface area contributed by atoms with Crippen LogP contribution in [-0.2, 0) is 11.3 Å². The van der Waals surface area contributed by atoms with Crippen molar-refractivity contribution in [1.82, 2.24) is 15.1 Å². The van der Waals surface area contributed by atoms with Crippen LogP contribution in [0.25, 0.3) is 0 Å². The van der Waals surface area contributed by atoms with E-state index in [-0.39, 0.29) is 5.92 Å². The average molecular weight is 360 g/mol. The van der Waals surface area contributed by atoms with Gasteiger partial charge in [0.15, 0.2) is 0 Å². The van der Waals surface area contributed by atoms with Gasteiger partial charge in [0.25, 0.3) is 0 Å². The maximum Gasteiger partial charge on any atom is 0.306 e. The van der Waals surface area contributed by atoms with Gasteiger partial charge < -0.3 is 15.3 Å². The lowest BCUT2D eigenvalue weighted by molar-refractivity contribution is -0.142. The highest BCUT2D eigenvalue weighted by molar-refractivity contribution is 5.70. The van der Waals surface area contributed by atoms with E-state index in [1.165, 1.54) is 12.0 Å². The number of hydrogen-bond donors (Lipinski definition) is 2. The maximum atomic E-state index is 11.0. The molecule has 1 heterocycles. The van der Waals surface area contributed by atoms with E-state index in [9.17, 15) is 4.79 Å². The molecule has 3 rings (SSSR count). The fourth-order valence-electron chi connectivity index (χ4n) is 4.17. The van der Waals surface area contributed by atoms with E-state index in [4.69, 9.17) is 5.11 Å². The van der Waals surface area contributed by atoms with E-state index in [0.29, 0.717) is 6.04 Å². The Morgan fingerprint density at radius 1 is 1.00 bits per heavy atom. The first kappa shape index (κ1) is 19.3. The minimum absolute atomic E-state index is 0.111. The van der Waals surface area contributed by atoms with Gasteiger partial charge in [0.05, 0.1) is 5.92 Å². The molecule has 26 heavy (non-hydrogen) atoms. The molecule has 1 aromatic carbocycles. The van der Waals surface area contributed by atoms with E-state index in [1.54, 1.807) is 0 Å². The number of piperazine rings is 1. The number of carbonyl (C=O) groups is 1.